The molecule has 24 heavy (non-hydrogen) atoms. The summed E-state index contributed by atoms with van der Waals surface area (Å²) in [6, 6.07) is 8.03. The maximum absolute atomic E-state index is 12.4. The van der Waals surface area contributed by atoms with Crippen molar-refractivity contribution in [1.29, 1.82) is 0 Å². The van der Waals surface area contributed by atoms with Gasteiger partial charge in [-0.3, -0.25) is 4.79 Å². The first kappa shape index (κ1) is 15.2. The van der Waals surface area contributed by atoms with Crippen molar-refractivity contribution in [1.82, 2.24) is 15.2 Å². The van der Waals surface area contributed by atoms with Gasteiger partial charge in [-0.25, -0.2) is 4.98 Å². The van der Waals surface area contributed by atoms with Crippen molar-refractivity contribution >= 4 is 11.6 Å². The Morgan fingerprint density at radius 1 is 1.25 bits per heavy atom. The predicted molar refractivity (Wildman–Crippen MR) is 91.9 cm³/mol. The summed E-state index contributed by atoms with van der Waals surface area (Å²) in [5, 5.41) is 6.18. The molecule has 2 bridgehead atoms. The maximum Gasteiger partial charge on any atom is 0.307 e. The van der Waals surface area contributed by atoms with E-state index in [1.165, 1.54) is 12.8 Å². The van der Waals surface area contributed by atoms with Gasteiger partial charge in [0.1, 0.15) is 0 Å². The molecule has 3 fully saturated rings. The van der Waals surface area contributed by atoms with E-state index in [0.29, 0.717) is 11.7 Å². The van der Waals surface area contributed by atoms with E-state index in [4.69, 9.17) is 4.42 Å². The summed E-state index contributed by atoms with van der Waals surface area (Å²) >= 11 is 0. The third-order valence-corrected chi connectivity index (χ3v) is 5.13. The van der Waals surface area contributed by atoms with Crippen LogP contribution in [0.15, 0.2) is 34.9 Å². The van der Waals surface area contributed by atoms with Crippen LogP contribution in [-0.4, -0.2) is 48.5 Å². The molecule has 0 radical (unpaired) electrons. The number of oxazole rings is 1. The average Bonchev–Trinajstić information content (AvgIpc) is 3.13. The fourth-order valence-electron chi connectivity index (χ4n) is 3.67. The van der Waals surface area contributed by atoms with E-state index in [2.05, 4.69) is 20.5 Å². The minimum atomic E-state index is -0.216. The number of hydrogen-bond acceptors (Lipinski definition) is 5. The van der Waals surface area contributed by atoms with Gasteiger partial charge in [-0.2, -0.15) is 0 Å². The van der Waals surface area contributed by atoms with Gasteiger partial charge in [-0.1, -0.05) is 0 Å². The Labute approximate surface area is 141 Å². The van der Waals surface area contributed by atoms with Crippen LogP contribution in [0.3, 0.4) is 0 Å². The van der Waals surface area contributed by atoms with Gasteiger partial charge in [0.15, 0.2) is 5.76 Å². The molecule has 1 aromatic carbocycles. The molecule has 0 unspecified atom stereocenters. The van der Waals surface area contributed by atoms with Crippen molar-refractivity contribution in [2.24, 2.45) is 5.92 Å². The number of amides is 1. The van der Waals surface area contributed by atoms with E-state index < -0.39 is 0 Å². The normalized spacial score (nSPS) is 25.5. The van der Waals surface area contributed by atoms with Crippen molar-refractivity contribution in [3.8, 4) is 11.3 Å². The third-order valence-electron chi connectivity index (χ3n) is 5.13. The van der Waals surface area contributed by atoms with Crippen LogP contribution < -0.4 is 10.6 Å². The monoisotopic (exact) mass is 326 g/mol. The van der Waals surface area contributed by atoms with E-state index in [-0.39, 0.29) is 17.8 Å². The van der Waals surface area contributed by atoms with Crippen LogP contribution in [0.25, 0.3) is 11.3 Å². The van der Waals surface area contributed by atoms with Crippen molar-refractivity contribution in [2.45, 2.75) is 18.9 Å². The largest absolute Gasteiger partial charge is 0.432 e. The molecule has 1 amide bonds. The average molecular weight is 326 g/mol. The third kappa shape index (κ3) is 2.89. The number of carbonyl (C=O) groups is 1. The molecule has 1 atom stereocenters. The standard InChI is InChI=1S/C18H22N4O2/c1-19-14-4-2-13(3-5-14)16-10-20-18(24-16)17(23)21-15-11-22-8-6-12(15)7-9-22/h2-5,10,12,15,19H,6-9,11H2,1H3,(H,21,23)/t15-/m0/s1. The Kier molecular flexibility index (Phi) is 3.98. The molecule has 1 aromatic heterocycles. The van der Waals surface area contributed by atoms with Gasteiger partial charge >= 0.3 is 5.91 Å². The van der Waals surface area contributed by atoms with Crippen molar-refractivity contribution < 1.29 is 9.21 Å². The van der Waals surface area contributed by atoms with Gasteiger partial charge in [-0.05, 0) is 56.1 Å². The summed E-state index contributed by atoms with van der Waals surface area (Å²) in [5.41, 5.74) is 1.93. The zero-order chi connectivity index (χ0) is 16.5. The molecule has 126 valence electrons. The highest BCUT2D eigenvalue weighted by atomic mass is 16.4. The zero-order valence-electron chi connectivity index (χ0n) is 13.8. The van der Waals surface area contributed by atoms with E-state index in [1.807, 2.05) is 31.3 Å². The molecule has 2 aromatic rings. The molecule has 3 aliphatic heterocycles. The summed E-state index contributed by atoms with van der Waals surface area (Å²) in [7, 11) is 1.88. The lowest BCUT2D eigenvalue weighted by Crippen LogP contribution is -2.57. The number of fused-ring (bicyclic) bond motifs is 3. The van der Waals surface area contributed by atoms with Crippen LogP contribution in [0.4, 0.5) is 5.69 Å². The van der Waals surface area contributed by atoms with Gasteiger partial charge in [0, 0.05) is 30.9 Å². The van der Waals surface area contributed by atoms with Crippen LogP contribution in [-0.2, 0) is 0 Å². The number of benzene rings is 1. The molecular formula is C18H22N4O2. The van der Waals surface area contributed by atoms with E-state index in [1.54, 1.807) is 6.20 Å². The quantitative estimate of drug-likeness (QED) is 0.901. The number of carbonyl (C=O) groups excluding carboxylic acids is 1. The molecule has 0 spiro atoms. The molecule has 3 aliphatic rings. The fraction of sp³-hybridized carbons (Fsp3) is 0.444. The lowest BCUT2D eigenvalue weighted by atomic mass is 9.84. The van der Waals surface area contributed by atoms with E-state index >= 15 is 0 Å². The number of rotatable bonds is 4. The highest BCUT2D eigenvalue weighted by Gasteiger charge is 2.35. The van der Waals surface area contributed by atoms with E-state index in [9.17, 15) is 4.79 Å². The molecule has 2 N–H and O–H groups in total. The number of anilines is 1. The first-order valence-electron chi connectivity index (χ1n) is 8.50. The van der Waals surface area contributed by atoms with Gasteiger partial charge in [0.05, 0.1) is 6.20 Å². The van der Waals surface area contributed by atoms with Crippen molar-refractivity contribution in [3.63, 3.8) is 0 Å². The molecule has 0 saturated carbocycles. The molecule has 0 aliphatic carbocycles. The molecule has 6 heteroatoms. The minimum Gasteiger partial charge on any atom is -0.432 e. The molecular weight excluding hydrogens is 304 g/mol. The van der Waals surface area contributed by atoms with Gasteiger partial charge in [0.2, 0.25) is 0 Å². The molecule has 5 rings (SSSR count). The minimum absolute atomic E-state index is 0.138. The highest BCUT2D eigenvalue weighted by Crippen LogP contribution is 2.28. The lowest BCUT2D eigenvalue weighted by Gasteiger charge is -2.44. The van der Waals surface area contributed by atoms with Crippen LogP contribution >= 0.6 is 0 Å². The Hall–Kier alpha value is -2.34. The van der Waals surface area contributed by atoms with Crippen molar-refractivity contribution in [2.75, 3.05) is 32.0 Å². The van der Waals surface area contributed by atoms with Crippen LogP contribution in [0.2, 0.25) is 0 Å². The number of nitrogens with one attached hydrogen (secondary N) is 2. The van der Waals surface area contributed by atoms with Crippen LogP contribution in [0, 0.1) is 5.92 Å². The topological polar surface area (TPSA) is 70.4 Å². The highest BCUT2D eigenvalue weighted by molar-refractivity contribution is 5.90. The summed E-state index contributed by atoms with van der Waals surface area (Å²) in [6.07, 6.45) is 3.94. The summed E-state index contributed by atoms with van der Waals surface area (Å²) in [5.74, 6) is 1.12. The summed E-state index contributed by atoms with van der Waals surface area (Å²) < 4.78 is 5.67. The smallest absolute Gasteiger partial charge is 0.307 e. The molecule has 3 saturated heterocycles. The zero-order valence-corrected chi connectivity index (χ0v) is 13.8. The van der Waals surface area contributed by atoms with Gasteiger partial charge in [0.25, 0.3) is 5.89 Å². The Bertz CT molecular complexity index is 717. The Balaban J connectivity index is 1.44. The number of nitrogens with zero attached hydrogens (tertiary/aromatic N) is 2. The Morgan fingerprint density at radius 3 is 2.62 bits per heavy atom. The van der Waals surface area contributed by atoms with Gasteiger partial charge < -0.3 is 20.0 Å². The van der Waals surface area contributed by atoms with E-state index in [0.717, 1.165) is 30.9 Å². The van der Waals surface area contributed by atoms with Gasteiger partial charge in [-0.15, -0.1) is 0 Å². The maximum atomic E-state index is 12.4. The second-order valence-corrected chi connectivity index (χ2v) is 6.58. The molecule has 6 nitrogen and oxygen atoms in total. The SMILES string of the molecule is CNc1ccc(-c2cnc(C(=O)N[C@H]3CN4CCC3CC4)o2)cc1. The summed E-state index contributed by atoms with van der Waals surface area (Å²) in [4.78, 5) is 19.0. The van der Waals surface area contributed by atoms with Crippen LogP contribution in [0.5, 0.6) is 0 Å². The first-order valence-corrected chi connectivity index (χ1v) is 8.50. The van der Waals surface area contributed by atoms with Crippen LogP contribution in [0.1, 0.15) is 23.5 Å². The van der Waals surface area contributed by atoms with Crippen molar-refractivity contribution in [3.05, 3.63) is 36.4 Å². The lowest BCUT2D eigenvalue weighted by molar-refractivity contribution is 0.0602. The molecule has 4 heterocycles. The number of hydrogen-bond donors (Lipinski definition) is 2. The number of piperidine rings is 3. The second kappa shape index (κ2) is 6.28. The first-order chi connectivity index (χ1) is 11.7. The summed E-state index contributed by atoms with van der Waals surface area (Å²) in [6.45, 7) is 3.25. The second-order valence-electron chi connectivity index (χ2n) is 6.58. The predicted octanol–water partition coefficient (Wildman–Crippen LogP) is 2.21. The Morgan fingerprint density at radius 2 is 2.00 bits per heavy atom. The fourth-order valence-corrected chi connectivity index (χ4v) is 3.67. The number of aromatic nitrogens is 1.